The summed E-state index contributed by atoms with van der Waals surface area (Å²) in [6, 6.07) is 9.97. The monoisotopic (exact) mass is 343 g/mol. The minimum absolute atomic E-state index is 0.0289. The SMILES string of the molecule is CCc1cccc(C)c1NC(=O)COC(=O)c1ccc(OC)cc1O. The minimum atomic E-state index is -0.782. The molecule has 132 valence electrons. The lowest BCUT2D eigenvalue weighted by atomic mass is 10.1. The topological polar surface area (TPSA) is 84.9 Å². The third-order valence-corrected chi connectivity index (χ3v) is 3.76. The van der Waals surface area contributed by atoms with Crippen molar-refractivity contribution in [1.29, 1.82) is 0 Å². The molecule has 0 saturated heterocycles. The number of aromatic hydroxyl groups is 1. The molecule has 0 saturated carbocycles. The van der Waals surface area contributed by atoms with Gasteiger partial charge in [-0.05, 0) is 36.6 Å². The smallest absolute Gasteiger partial charge is 0.342 e. The molecule has 25 heavy (non-hydrogen) atoms. The van der Waals surface area contributed by atoms with Gasteiger partial charge in [0, 0.05) is 11.8 Å². The van der Waals surface area contributed by atoms with Crippen molar-refractivity contribution in [2.45, 2.75) is 20.3 Å². The van der Waals surface area contributed by atoms with E-state index < -0.39 is 18.5 Å². The van der Waals surface area contributed by atoms with E-state index >= 15 is 0 Å². The normalized spacial score (nSPS) is 10.2. The number of anilines is 1. The van der Waals surface area contributed by atoms with Gasteiger partial charge in [0.05, 0.1) is 7.11 Å². The Morgan fingerprint density at radius 1 is 1.20 bits per heavy atom. The van der Waals surface area contributed by atoms with Gasteiger partial charge in [-0.25, -0.2) is 4.79 Å². The molecule has 0 aliphatic heterocycles. The summed E-state index contributed by atoms with van der Waals surface area (Å²) in [7, 11) is 1.45. The van der Waals surface area contributed by atoms with Crippen molar-refractivity contribution in [3.8, 4) is 11.5 Å². The number of carbonyl (C=O) groups excluding carboxylic acids is 2. The molecule has 0 radical (unpaired) electrons. The van der Waals surface area contributed by atoms with Gasteiger partial charge in [0.1, 0.15) is 17.1 Å². The highest BCUT2D eigenvalue weighted by atomic mass is 16.5. The molecule has 0 atom stereocenters. The second kappa shape index (κ2) is 8.19. The van der Waals surface area contributed by atoms with Crippen molar-refractivity contribution in [1.82, 2.24) is 0 Å². The number of amides is 1. The molecule has 1 amide bonds. The molecule has 0 heterocycles. The predicted octanol–water partition coefficient (Wildman–Crippen LogP) is 3.07. The summed E-state index contributed by atoms with van der Waals surface area (Å²) in [4.78, 5) is 24.1. The van der Waals surface area contributed by atoms with Crippen LogP contribution in [0.3, 0.4) is 0 Å². The molecule has 6 nitrogen and oxygen atoms in total. The number of hydrogen-bond donors (Lipinski definition) is 2. The fourth-order valence-electron chi connectivity index (χ4n) is 2.40. The van der Waals surface area contributed by atoms with Crippen LogP contribution >= 0.6 is 0 Å². The number of carbonyl (C=O) groups is 2. The summed E-state index contributed by atoms with van der Waals surface area (Å²) in [6.45, 7) is 3.45. The Morgan fingerprint density at radius 3 is 2.60 bits per heavy atom. The number of nitrogens with one attached hydrogen (secondary N) is 1. The molecule has 0 spiro atoms. The second-order valence-electron chi connectivity index (χ2n) is 5.47. The highest BCUT2D eigenvalue weighted by molar-refractivity contribution is 5.97. The standard InChI is InChI=1S/C19H21NO5/c1-4-13-7-5-6-12(2)18(13)20-17(22)11-25-19(23)15-9-8-14(24-3)10-16(15)21/h5-10,21H,4,11H2,1-3H3,(H,20,22). The van der Waals surface area contributed by atoms with Gasteiger partial charge in [-0.2, -0.15) is 0 Å². The van der Waals surface area contributed by atoms with Gasteiger partial charge in [-0.15, -0.1) is 0 Å². The lowest BCUT2D eigenvalue weighted by Crippen LogP contribution is -2.22. The molecule has 2 aromatic rings. The van der Waals surface area contributed by atoms with Crippen LogP contribution in [0.5, 0.6) is 11.5 Å². The number of methoxy groups -OCH3 is 1. The average molecular weight is 343 g/mol. The van der Waals surface area contributed by atoms with Crippen LogP contribution < -0.4 is 10.1 Å². The van der Waals surface area contributed by atoms with Gasteiger partial charge >= 0.3 is 5.97 Å². The Morgan fingerprint density at radius 2 is 1.96 bits per heavy atom. The van der Waals surface area contributed by atoms with Crippen molar-refractivity contribution < 1.29 is 24.2 Å². The number of hydrogen-bond acceptors (Lipinski definition) is 5. The van der Waals surface area contributed by atoms with Crippen molar-refractivity contribution in [2.24, 2.45) is 0 Å². The third kappa shape index (κ3) is 4.50. The average Bonchev–Trinajstić information content (AvgIpc) is 2.61. The molecule has 2 N–H and O–H groups in total. The van der Waals surface area contributed by atoms with Gasteiger partial charge < -0.3 is 19.9 Å². The quantitative estimate of drug-likeness (QED) is 0.788. The van der Waals surface area contributed by atoms with Gasteiger partial charge in [-0.1, -0.05) is 25.1 Å². The molecule has 0 aromatic heterocycles. The summed E-state index contributed by atoms with van der Waals surface area (Å²) in [5.41, 5.74) is 2.65. The Labute approximate surface area is 146 Å². The van der Waals surface area contributed by atoms with E-state index in [-0.39, 0.29) is 11.3 Å². The molecule has 0 aliphatic carbocycles. The lowest BCUT2D eigenvalue weighted by molar-refractivity contribution is -0.119. The first-order chi connectivity index (χ1) is 12.0. The molecule has 2 rings (SSSR count). The Bertz CT molecular complexity index is 785. The maximum Gasteiger partial charge on any atom is 0.342 e. The molecule has 0 unspecified atom stereocenters. The zero-order valence-corrected chi connectivity index (χ0v) is 14.5. The van der Waals surface area contributed by atoms with Crippen LogP contribution in [0.2, 0.25) is 0 Å². The van der Waals surface area contributed by atoms with E-state index in [0.717, 1.165) is 23.2 Å². The van der Waals surface area contributed by atoms with Crippen molar-refractivity contribution in [3.63, 3.8) is 0 Å². The maximum atomic E-state index is 12.1. The van der Waals surface area contributed by atoms with Crippen LogP contribution in [-0.4, -0.2) is 30.7 Å². The first-order valence-electron chi connectivity index (χ1n) is 7.88. The fraction of sp³-hybridized carbons (Fsp3) is 0.263. The molecule has 0 aliphatic rings. The molecule has 0 fully saturated rings. The van der Waals surface area contributed by atoms with Crippen molar-refractivity contribution in [3.05, 3.63) is 53.1 Å². The Kier molecular flexibility index (Phi) is 6.00. The first kappa shape index (κ1) is 18.3. The van der Waals surface area contributed by atoms with E-state index in [4.69, 9.17) is 9.47 Å². The number of benzene rings is 2. The number of phenols is 1. The number of esters is 1. The van der Waals surface area contributed by atoms with Crippen LogP contribution in [-0.2, 0) is 16.0 Å². The maximum absolute atomic E-state index is 12.1. The molecule has 2 aromatic carbocycles. The second-order valence-corrected chi connectivity index (χ2v) is 5.47. The number of ether oxygens (including phenoxy) is 2. The Hall–Kier alpha value is -3.02. The summed E-state index contributed by atoms with van der Waals surface area (Å²) >= 11 is 0. The van der Waals surface area contributed by atoms with Crippen molar-refractivity contribution >= 4 is 17.6 Å². The minimum Gasteiger partial charge on any atom is -0.507 e. The van der Waals surface area contributed by atoms with E-state index in [2.05, 4.69) is 5.32 Å². The first-order valence-corrected chi connectivity index (χ1v) is 7.88. The van der Waals surface area contributed by atoms with Gasteiger partial charge in [-0.3, -0.25) is 4.79 Å². The highest BCUT2D eigenvalue weighted by Gasteiger charge is 2.16. The number of aryl methyl sites for hydroxylation is 2. The van der Waals surface area contributed by atoms with E-state index in [1.54, 1.807) is 0 Å². The van der Waals surface area contributed by atoms with Crippen LogP contribution in [0.1, 0.15) is 28.4 Å². The summed E-state index contributed by atoms with van der Waals surface area (Å²) < 4.78 is 9.93. The molecular weight excluding hydrogens is 322 g/mol. The summed E-state index contributed by atoms with van der Waals surface area (Å²) in [5.74, 6) is -1.07. The van der Waals surface area contributed by atoms with E-state index in [9.17, 15) is 14.7 Å². The van der Waals surface area contributed by atoms with E-state index in [1.165, 1.54) is 25.3 Å². The number of para-hydroxylation sites is 1. The van der Waals surface area contributed by atoms with Gasteiger partial charge in [0.2, 0.25) is 0 Å². The summed E-state index contributed by atoms with van der Waals surface area (Å²) in [6.07, 6.45) is 0.775. The van der Waals surface area contributed by atoms with Gasteiger partial charge in [0.15, 0.2) is 6.61 Å². The largest absolute Gasteiger partial charge is 0.507 e. The zero-order valence-electron chi connectivity index (χ0n) is 14.5. The molecule has 0 bridgehead atoms. The highest BCUT2D eigenvalue weighted by Crippen LogP contribution is 2.24. The third-order valence-electron chi connectivity index (χ3n) is 3.76. The number of rotatable bonds is 6. The Balaban J connectivity index is 2.00. The molecule has 6 heteroatoms. The van der Waals surface area contributed by atoms with Crippen LogP contribution in [0.25, 0.3) is 0 Å². The fourth-order valence-corrected chi connectivity index (χ4v) is 2.40. The summed E-state index contributed by atoms with van der Waals surface area (Å²) in [5, 5.41) is 12.6. The number of phenolic OH excluding ortho intramolecular Hbond substituents is 1. The van der Waals surface area contributed by atoms with Crippen LogP contribution in [0.4, 0.5) is 5.69 Å². The molecular formula is C19H21NO5. The van der Waals surface area contributed by atoms with Crippen molar-refractivity contribution in [2.75, 3.05) is 19.0 Å². The van der Waals surface area contributed by atoms with Gasteiger partial charge in [0.25, 0.3) is 5.91 Å². The zero-order chi connectivity index (χ0) is 18.4. The predicted molar refractivity (Wildman–Crippen MR) is 94.1 cm³/mol. The van der Waals surface area contributed by atoms with E-state index in [1.807, 2.05) is 32.0 Å². The lowest BCUT2D eigenvalue weighted by Gasteiger charge is -2.13. The van der Waals surface area contributed by atoms with Crippen LogP contribution in [0.15, 0.2) is 36.4 Å². The van der Waals surface area contributed by atoms with Crippen LogP contribution in [0, 0.1) is 6.92 Å². The van der Waals surface area contributed by atoms with E-state index in [0.29, 0.717) is 5.75 Å².